The van der Waals surface area contributed by atoms with Crippen molar-refractivity contribution in [1.82, 2.24) is 15.0 Å². The number of H-pyrrole nitrogens is 1. The molecule has 0 unspecified atom stereocenters. The average molecular weight is 306 g/mol. The van der Waals surface area contributed by atoms with E-state index >= 15 is 0 Å². The zero-order valence-corrected chi connectivity index (χ0v) is 11.8. The zero-order valence-electron chi connectivity index (χ0n) is 10.1. The highest BCUT2D eigenvalue weighted by atomic mass is 32.2. The van der Waals surface area contributed by atoms with Crippen molar-refractivity contribution in [1.29, 1.82) is 0 Å². The van der Waals surface area contributed by atoms with Gasteiger partial charge in [0.25, 0.3) is 10.0 Å². The summed E-state index contributed by atoms with van der Waals surface area (Å²) in [7, 11) is -3.62. The van der Waals surface area contributed by atoms with Crippen molar-refractivity contribution >= 4 is 27.0 Å². The van der Waals surface area contributed by atoms with E-state index in [-0.39, 0.29) is 5.03 Å². The van der Waals surface area contributed by atoms with E-state index in [1.54, 1.807) is 18.3 Å². The quantitative estimate of drug-likeness (QED) is 0.774. The Hall–Kier alpha value is -2.19. The summed E-state index contributed by atoms with van der Waals surface area (Å²) < 4.78 is 26.4. The third-order valence-electron chi connectivity index (χ3n) is 2.58. The fraction of sp³-hybridized carbons (Fsp3) is 0. The fourth-order valence-corrected chi connectivity index (χ4v) is 3.26. The van der Waals surface area contributed by atoms with Crippen LogP contribution >= 0.6 is 11.3 Å². The largest absolute Gasteiger partial charge is 0.334 e. The molecule has 0 atom stereocenters. The van der Waals surface area contributed by atoms with E-state index < -0.39 is 10.0 Å². The smallest absolute Gasteiger partial charge is 0.278 e. The Morgan fingerprint density at radius 1 is 1.20 bits per heavy atom. The highest BCUT2D eigenvalue weighted by molar-refractivity contribution is 7.92. The third kappa shape index (κ3) is 2.56. The summed E-state index contributed by atoms with van der Waals surface area (Å²) in [6.07, 6.45) is 4.31. The first kappa shape index (κ1) is 12.8. The Kier molecular flexibility index (Phi) is 3.25. The van der Waals surface area contributed by atoms with Gasteiger partial charge in [-0.3, -0.25) is 4.72 Å². The predicted octanol–water partition coefficient (Wildman–Crippen LogP) is 2.33. The van der Waals surface area contributed by atoms with Gasteiger partial charge in [0, 0.05) is 22.8 Å². The summed E-state index contributed by atoms with van der Waals surface area (Å²) in [5.74, 6) is 0. The van der Waals surface area contributed by atoms with Crippen LogP contribution in [0.15, 0.2) is 53.4 Å². The molecule has 1 aromatic carbocycles. The number of sulfonamides is 1. The van der Waals surface area contributed by atoms with Crippen LogP contribution in [0.1, 0.15) is 0 Å². The van der Waals surface area contributed by atoms with Crippen molar-refractivity contribution in [2.24, 2.45) is 0 Å². The van der Waals surface area contributed by atoms with Crippen LogP contribution < -0.4 is 4.72 Å². The van der Waals surface area contributed by atoms with E-state index in [0.29, 0.717) is 5.69 Å². The molecule has 0 aliphatic rings. The molecule has 0 aliphatic heterocycles. The second kappa shape index (κ2) is 5.06. The molecule has 102 valence electrons. The molecule has 0 aliphatic carbocycles. The molecule has 2 aromatic heterocycles. The molecular formula is C12H10N4O2S2. The van der Waals surface area contributed by atoms with Crippen LogP contribution in [0, 0.1) is 0 Å². The summed E-state index contributed by atoms with van der Waals surface area (Å²) in [6.45, 7) is 0. The first-order valence-electron chi connectivity index (χ1n) is 5.66. The van der Waals surface area contributed by atoms with Gasteiger partial charge in [-0.1, -0.05) is 0 Å². The van der Waals surface area contributed by atoms with Crippen LogP contribution in [0.2, 0.25) is 0 Å². The Morgan fingerprint density at radius 2 is 2.00 bits per heavy atom. The van der Waals surface area contributed by atoms with Gasteiger partial charge in [-0.2, -0.15) is 8.42 Å². The Balaban J connectivity index is 1.83. The normalized spacial score (nSPS) is 11.4. The molecule has 20 heavy (non-hydrogen) atoms. The van der Waals surface area contributed by atoms with Crippen molar-refractivity contribution in [3.8, 4) is 10.6 Å². The fourth-order valence-electron chi connectivity index (χ4n) is 1.65. The molecule has 8 heteroatoms. The number of hydrogen-bond acceptors (Lipinski definition) is 5. The molecule has 0 bridgehead atoms. The number of imidazole rings is 1. The van der Waals surface area contributed by atoms with Gasteiger partial charge in [0.2, 0.25) is 0 Å². The lowest BCUT2D eigenvalue weighted by atomic mass is 10.2. The minimum atomic E-state index is -3.62. The van der Waals surface area contributed by atoms with Crippen LogP contribution in [0.4, 0.5) is 5.69 Å². The van der Waals surface area contributed by atoms with Crippen molar-refractivity contribution in [3.63, 3.8) is 0 Å². The summed E-state index contributed by atoms with van der Waals surface area (Å²) in [5, 5.41) is 2.82. The number of hydrogen-bond donors (Lipinski definition) is 2. The summed E-state index contributed by atoms with van der Waals surface area (Å²) in [4.78, 5) is 10.5. The number of thiazole rings is 1. The number of rotatable bonds is 4. The number of aromatic amines is 1. The number of benzene rings is 1. The van der Waals surface area contributed by atoms with Gasteiger partial charge in [0.05, 0.1) is 12.5 Å². The maximum atomic E-state index is 12.0. The third-order valence-corrected chi connectivity index (χ3v) is 4.71. The van der Waals surface area contributed by atoms with Gasteiger partial charge >= 0.3 is 0 Å². The van der Waals surface area contributed by atoms with Gasteiger partial charge in [-0.05, 0) is 24.3 Å². The molecule has 0 radical (unpaired) electrons. The SMILES string of the molecule is O=S(=O)(Nc1ccc(-c2nccs2)cc1)c1cnc[nH]1. The lowest BCUT2D eigenvalue weighted by Gasteiger charge is -2.06. The minimum Gasteiger partial charge on any atom is -0.334 e. The van der Waals surface area contributed by atoms with Gasteiger partial charge in [0.15, 0.2) is 5.03 Å². The van der Waals surface area contributed by atoms with Crippen LogP contribution in [-0.2, 0) is 10.0 Å². The summed E-state index contributed by atoms with van der Waals surface area (Å²) in [6, 6.07) is 7.04. The lowest BCUT2D eigenvalue weighted by Crippen LogP contribution is -2.13. The van der Waals surface area contributed by atoms with E-state index in [2.05, 4.69) is 19.7 Å². The standard InChI is InChI=1S/C12H10N4O2S2/c17-20(18,11-7-13-8-15-11)16-10-3-1-9(2-4-10)12-14-5-6-19-12/h1-8,16H,(H,13,15). The molecule has 2 N–H and O–H groups in total. The molecule has 3 aromatic rings. The monoisotopic (exact) mass is 306 g/mol. The van der Waals surface area contributed by atoms with Gasteiger partial charge in [0.1, 0.15) is 5.01 Å². The molecule has 0 spiro atoms. The molecule has 3 rings (SSSR count). The van der Waals surface area contributed by atoms with Crippen molar-refractivity contribution in [2.45, 2.75) is 5.03 Å². The molecule has 0 amide bonds. The van der Waals surface area contributed by atoms with E-state index in [1.807, 2.05) is 17.5 Å². The van der Waals surface area contributed by atoms with Gasteiger partial charge in [-0.15, -0.1) is 11.3 Å². The molecule has 2 heterocycles. The molecule has 6 nitrogen and oxygen atoms in total. The van der Waals surface area contributed by atoms with Crippen molar-refractivity contribution in [2.75, 3.05) is 4.72 Å². The second-order valence-electron chi connectivity index (χ2n) is 3.94. The highest BCUT2D eigenvalue weighted by Crippen LogP contribution is 2.24. The van der Waals surface area contributed by atoms with Crippen LogP contribution in [0.3, 0.4) is 0 Å². The number of aromatic nitrogens is 3. The zero-order chi connectivity index (χ0) is 14.0. The number of nitrogens with zero attached hydrogens (tertiary/aromatic N) is 2. The minimum absolute atomic E-state index is 0.0292. The maximum Gasteiger partial charge on any atom is 0.278 e. The topological polar surface area (TPSA) is 87.7 Å². The Bertz CT molecular complexity index is 779. The number of anilines is 1. The average Bonchev–Trinajstić information content (AvgIpc) is 3.13. The predicted molar refractivity (Wildman–Crippen MR) is 76.9 cm³/mol. The van der Waals surface area contributed by atoms with Gasteiger partial charge < -0.3 is 4.98 Å². The van der Waals surface area contributed by atoms with E-state index in [0.717, 1.165) is 10.6 Å². The molecule has 0 saturated carbocycles. The highest BCUT2D eigenvalue weighted by Gasteiger charge is 2.15. The molecule has 0 fully saturated rings. The van der Waals surface area contributed by atoms with Crippen molar-refractivity contribution in [3.05, 3.63) is 48.4 Å². The summed E-state index contributed by atoms with van der Waals surface area (Å²) in [5.41, 5.74) is 1.43. The maximum absolute atomic E-state index is 12.0. The first-order valence-corrected chi connectivity index (χ1v) is 8.02. The number of nitrogens with one attached hydrogen (secondary N) is 2. The van der Waals surface area contributed by atoms with Crippen LogP contribution in [0.25, 0.3) is 10.6 Å². The van der Waals surface area contributed by atoms with Crippen LogP contribution in [0.5, 0.6) is 0 Å². The van der Waals surface area contributed by atoms with E-state index in [4.69, 9.17) is 0 Å². The second-order valence-corrected chi connectivity index (χ2v) is 6.48. The molecular weight excluding hydrogens is 296 g/mol. The Labute approximate surface area is 119 Å². The van der Waals surface area contributed by atoms with Crippen LogP contribution in [-0.4, -0.2) is 23.4 Å². The van der Waals surface area contributed by atoms with E-state index in [9.17, 15) is 8.42 Å². The van der Waals surface area contributed by atoms with E-state index in [1.165, 1.54) is 23.9 Å². The lowest BCUT2D eigenvalue weighted by molar-refractivity contribution is 0.598. The molecule has 0 saturated heterocycles. The first-order chi connectivity index (χ1) is 9.65. The summed E-state index contributed by atoms with van der Waals surface area (Å²) >= 11 is 1.53. The van der Waals surface area contributed by atoms with Gasteiger partial charge in [-0.25, -0.2) is 9.97 Å². The Morgan fingerprint density at radius 3 is 2.60 bits per heavy atom. The van der Waals surface area contributed by atoms with Crippen molar-refractivity contribution < 1.29 is 8.42 Å².